The van der Waals surface area contributed by atoms with Gasteiger partial charge in [0.1, 0.15) is 0 Å². The van der Waals surface area contributed by atoms with Crippen LogP contribution in [0, 0.1) is 6.92 Å². The fourth-order valence-corrected chi connectivity index (χ4v) is 3.01. The molecule has 1 heteroatoms. The molecule has 1 nitrogen and oxygen atoms in total. The van der Waals surface area contributed by atoms with Crippen LogP contribution in [0.1, 0.15) is 5.56 Å². The number of benzene rings is 3. The van der Waals surface area contributed by atoms with Gasteiger partial charge in [0, 0.05) is 16.6 Å². The number of hydrogen-bond acceptors (Lipinski definition) is 0. The lowest BCUT2D eigenvalue weighted by Gasteiger charge is -2.05. The molecule has 0 fully saturated rings. The number of aromatic nitrogens is 1. The smallest absolute Gasteiger partial charge is 0.0538 e. The molecule has 1 heterocycles. The molecule has 0 atom stereocenters. The van der Waals surface area contributed by atoms with Gasteiger partial charge in [-0.3, -0.25) is 0 Å². The molecule has 1 N–H and O–H groups in total. The molecule has 0 aliphatic rings. The second-order valence-corrected chi connectivity index (χ2v) is 5.69. The molecule has 0 saturated carbocycles. The standard InChI is InChI=1S/C21H17N/c1-15-12-18-14-20(17-10-6-3-7-11-17)22-21(18)19(13-15)16-8-4-2-5-9-16/h2-14,22H,1H3. The Hall–Kier alpha value is -2.80. The third-order valence-electron chi connectivity index (χ3n) is 4.04. The molecule has 4 aromatic rings. The average Bonchev–Trinajstić information content (AvgIpc) is 2.99. The molecule has 1 aromatic heterocycles. The minimum atomic E-state index is 1.17. The van der Waals surface area contributed by atoms with Crippen LogP contribution in [-0.2, 0) is 0 Å². The van der Waals surface area contributed by atoms with Crippen molar-refractivity contribution in [1.82, 2.24) is 4.98 Å². The molecular weight excluding hydrogens is 266 g/mol. The zero-order chi connectivity index (χ0) is 14.9. The largest absolute Gasteiger partial charge is 0.354 e. The van der Waals surface area contributed by atoms with Gasteiger partial charge in [0.25, 0.3) is 0 Å². The third-order valence-corrected chi connectivity index (χ3v) is 4.04. The molecule has 4 rings (SSSR count). The Morgan fingerprint density at radius 2 is 1.32 bits per heavy atom. The summed E-state index contributed by atoms with van der Waals surface area (Å²) in [6.07, 6.45) is 0. The van der Waals surface area contributed by atoms with E-state index in [0.29, 0.717) is 0 Å². The van der Waals surface area contributed by atoms with Crippen LogP contribution < -0.4 is 0 Å². The molecule has 0 unspecified atom stereocenters. The van der Waals surface area contributed by atoms with Crippen LogP contribution in [0.15, 0.2) is 78.9 Å². The van der Waals surface area contributed by atoms with Crippen LogP contribution in [0.5, 0.6) is 0 Å². The lowest BCUT2D eigenvalue weighted by Crippen LogP contribution is -1.83. The van der Waals surface area contributed by atoms with Crippen molar-refractivity contribution in [2.24, 2.45) is 0 Å². The molecule has 0 saturated heterocycles. The fourth-order valence-electron chi connectivity index (χ4n) is 3.01. The highest BCUT2D eigenvalue weighted by molar-refractivity contribution is 5.97. The maximum Gasteiger partial charge on any atom is 0.0538 e. The minimum absolute atomic E-state index is 1.17. The molecule has 106 valence electrons. The van der Waals surface area contributed by atoms with E-state index in [1.165, 1.54) is 38.9 Å². The van der Waals surface area contributed by atoms with Crippen LogP contribution in [0.2, 0.25) is 0 Å². The summed E-state index contributed by atoms with van der Waals surface area (Å²) >= 11 is 0. The maximum atomic E-state index is 3.61. The summed E-state index contributed by atoms with van der Waals surface area (Å²) in [5.74, 6) is 0. The lowest BCUT2D eigenvalue weighted by atomic mass is 10.0. The lowest BCUT2D eigenvalue weighted by molar-refractivity contribution is 1.44. The van der Waals surface area contributed by atoms with Gasteiger partial charge >= 0.3 is 0 Å². The SMILES string of the molecule is Cc1cc(-c2ccccc2)c2[nH]c(-c3ccccc3)cc2c1. The van der Waals surface area contributed by atoms with Crippen LogP contribution in [0.4, 0.5) is 0 Å². The summed E-state index contributed by atoms with van der Waals surface area (Å²) < 4.78 is 0. The van der Waals surface area contributed by atoms with Gasteiger partial charge < -0.3 is 4.98 Å². The number of hydrogen-bond donors (Lipinski definition) is 1. The monoisotopic (exact) mass is 283 g/mol. The number of aryl methyl sites for hydroxylation is 1. The van der Waals surface area contributed by atoms with E-state index in [0.717, 1.165) is 0 Å². The quantitative estimate of drug-likeness (QED) is 0.478. The Labute approximate surface area is 130 Å². The zero-order valence-electron chi connectivity index (χ0n) is 12.5. The Bertz CT molecular complexity index is 918. The molecule has 0 bridgehead atoms. The van der Waals surface area contributed by atoms with Gasteiger partial charge in [-0.25, -0.2) is 0 Å². The van der Waals surface area contributed by atoms with Crippen LogP contribution in [-0.4, -0.2) is 4.98 Å². The van der Waals surface area contributed by atoms with E-state index in [4.69, 9.17) is 0 Å². The Kier molecular flexibility index (Phi) is 3.05. The van der Waals surface area contributed by atoms with Crippen molar-refractivity contribution in [3.05, 3.63) is 84.4 Å². The molecule has 0 amide bonds. The van der Waals surface area contributed by atoms with E-state index >= 15 is 0 Å². The summed E-state index contributed by atoms with van der Waals surface area (Å²) in [4.78, 5) is 3.61. The molecule has 3 aromatic carbocycles. The van der Waals surface area contributed by atoms with Crippen LogP contribution in [0.25, 0.3) is 33.3 Å². The number of aromatic amines is 1. The highest BCUT2D eigenvalue weighted by Gasteiger charge is 2.09. The molecule has 22 heavy (non-hydrogen) atoms. The van der Waals surface area contributed by atoms with Gasteiger partial charge in [-0.05, 0) is 41.8 Å². The summed E-state index contributed by atoms with van der Waals surface area (Å²) in [5.41, 5.74) is 7.38. The van der Waals surface area contributed by atoms with Gasteiger partial charge in [-0.15, -0.1) is 0 Å². The van der Waals surface area contributed by atoms with E-state index in [1.807, 2.05) is 6.07 Å². The van der Waals surface area contributed by atoms with Crippen molar-refractivity contribution < 1.29 is 0 Å². The van der Waals surface area contributed by atoms with Crippen molar-refractivity contribution in [3.63, 3.8) is 0 Å². The first kappa shape index (κ1) is 12.9. The molecule has 0 aliphatic heterocycles. The van der Waals surface area contributed by atoms with Gasteiger partial charge in [0.15, 0.2) is 0 Å². The predicted octanol–water partition coefficient (Wildman–Crippen LogP) is 5.81. The van der Waals surface area contributed by atoms with Crippen molar-refractivity contribution >= 4 is 10.9 Å². The minimum Gasteiger partial charge on any atom is -0.354 e. The van der Waals surface area contributed by atoms with Crippen molar-refractivity contribution in [3.8, 4) is 22.4 Å². The van der Waals surface area contributed by atoms with E-state index in [2.05, 4.69) is 84.7 Å². The molecule has 0 aliphatic carbocycles. The topological polar surface area (TPSA) is 15.8 Å². The highest BCUT2D eigenvalue weighted by Crippen LogP contribution is 2.32. The molecule has 0 radical (unpaired) electrons. The Morgan fingerprint density at radius 3 is 2.00 bits per heavy atom. The number of rotatable bonds is 2. The predicted molar refractivity (Wildman–Crippen MR) is 93.9 cm³/mol. The Balaban J connectivity index is 1.97. The summed E-state index contributed by atoms with van der Waals surface area (Å²) in [6, 6.07) is 27.8. The first-order valence-electron chi connectivity index (χ1n) is 7.55. The van der Waals surface area contributed by atoms with Crippen LogP contribution >= 0.6 is 0 Å². The van der Waals surface area contributed by atoms with Crippen molar-refractivity contribution in [1.29, 1.82) is 0 Å². The van der Waals surface area contributed by atoms with Gasteiger partial charge in [-0.2, -0.15) is 0 Å². The number of H-pyrrole nitrogens is 1. The van der Waals surface area contributed by atoms with Crippen molar-refractivity contribution in [2.45, 2.75) is 6.92 Å². The molecule has 0 spiro atoms. The third kappa shape index (κ3) is 2.21. The van der Waals surface area contributed by atoms with Gasteiger partial charge in [-0.1, -0.05) is 60.7 Å². The van der Waals surface area contributed by atoms with Crippen LogP contribution in [0.3, 0.4) is 0 Å². The fraction of sp³-hybridized carbons (Fsp3) is 0.0476. The van der Waals surface area contributed by atoms with Crippen molar-refractivity contribution in [2.75, 3.05) is 0 Å². The highest BCUT2D eigenvalue weighted by atomic mass is 14.7. The summed E-state index contributed by atoms with van der Waals surface area (Å²) in [6.45, 7) is 2.15. The Morgan fingerprint density at radius 1 is 0.682 bits per heavy atom. The van der Waals surface area contributed by atoms with Gasteiger partial charge in [0.05, 0.1) is 5.52 Å². The summed E-state index contributed by atoms with van der Waals surface area (Å²) in [7, 11) is 0. The average molecular weight is 283 g/mol. The number of fused-ring (bicyclic) bond motifs is 1. The second kappa shape index (κ2) is 5.19. The first-order valence-corrected chi connectivity index (χ1v) is 7.55. The number of nitrogens with one attached hydrogen (secondary N) is 1. The van der Waals surface area contributed by atoms with E-state index in [-0.39, 0.29) is 0 Å². The van der Waals surface area contributed by atoms with E-state index in [9.17, 15) is 0 Å². The maximum absolute atomic E-state index is 3.61. The second-order valence-electron chi connectivity index (χ2n) is 5.69. The molecular formula is C21H17N. The normalized spacial score (nSPS) is 11.0. The first-order chi connectivity index (χ1) is 10.8. The zero-order valence-corrected chi connectivity index (χ0v) is 12.5. The summed E-state index contributed by atoms with van der Waals surface area (Å²) in [5, 5.41) is 1.26. The van der Waals surface area contributed by atoms with E-state index in [1.54, 1.807) is 0 Å². The van der Waals surface area contributed by atoms with E-state index < -0.39 is 0 Å². The van der Waals surface area contributed by atoms with Gasteiger partial charge in [0.2, 0.25) is 0 Å².